The first kappa shape index (κ1) is 24.8. The van der Waals surface area contributed by atoms with Gasteiger partial charge in [-0.05, 0) is 44.5 Å². The lowest BCUT2D eigenvalue weighted by molar-refractivity contribution is -0.147. The van der Waals surface area contributed by atoms with Crippen LogP contribution in [0.25, 0.3) is 0 Å². The van der Waals surface area contributed by atoms with Gasteiger partial charge in [-0.1, -0.05) is 40.9 Å². The Morgan fingerprint density at radius 3 is 2.47 bits per heavy atom. The molecular formula is C22H25Cl2NO6S. The van der Waals surface area contributed by atoms with E-state index in [1.165, 1.54) is 11.4 Å². The summed E-state index contributed by atoms with van der Waals surface area (Å²) in [5.41, 5.74) is 1.32. The van der Waals surface area contributed by atoms with Crippen molar-refractivity contribution < 1.29 is 27.4 Å². The first-order valence-corrected chi connectivity index (χ1v) is 12.2. The maximum atomic E-state index is 13.6. The topological polar surface area (TPSA) is 82.1 Å². The minimum Gasteiger partial charge on any atom is -0.467 e. The number of aryl methyl sites for hydroxylation is 1. The Morgan fingerprint density at radius 2 is 1.84 bits per heavy atom. The van der Waals surface area contributed by atoms with E-state index in [9.17, 15) is 13.2 Å². The van der Waals surface area contributed by atoms with Gasteiger partial charge >= 0.3 is 5.97 Å². The minimum atomic E-state index is -3.96. The monoisotopic (exact) mass is 501 g/mol. The van der Waals surface area contributed by atoms with Gasteiger partial charge in [0.2, 0.25) is 10.0 Å². The molecular weight excluding hydrogens is 477 g/mol. The van der Waals surface area contributed by atoms with E-state index in [0.717, 1.165) is 5.56 Å². The number of esters is 1. The lowest BCUT2D eigenvalue weighted by atomic mass is 9.99. The number of carbonyl (C=O) groups excluding carboxylic acids is 1. The van der Waals surface area contributed by atoms with Gasteiger partial charge in [0, 0.05) is 19.2 Å². The van der Waals surface area contributed by atoms with Gasteiger partial charge in [0.15, 0.2) is 6.79 Å². The van der Waals surface area contributed by atoms with Crippen LogP contribution in [-0.2, 0) is 24.3 Å². The molecule has 174 valence electrons. The molecule has 10 heteroatoms. The molecule has 0 spiro atoms. The molecule has 2 aromatic carbocycles. The highest BCUT2D eigenvalue weighted by molar-refractivity contribution is 7.89. The molecule has 3 rings (SSSR count). The maximum Gasteiger partial charge on any atom is 0.310 e. The van der Waals surface area contributed by atoms with Gasteiger partial charge in [-0.25, -0.2) is 8.42 Å². The van der Waals surface area contributed by atoms with Crippen LogP contribution in [0.5, 0.6) is 5.75 Å². The molecule has 2 atom stereocenters. The predicted octanol–water partition coefficient (Wildman–Crippen LogP) is 4.60. The zero-order valence-corrected chi connectivity index (χ0v) is 20.3. The van der Waals surface area contributed by atoms with E-state index in [0.29, 0.717) is 11.3 Å². The fraction of sp³-hybridized carbons (Fsp3) is 0.409. The summed E-state index contributed by atoms with van der Waals surface area (Å²) in [6, 6.07) is 8.92. The van der Waals surface area contributed by atoms with Gasteiger partial charge in [-0.15, -0.1) is 0 Å². The van der Waals surface area contributed by atoms with Crippen molar-refractivity contribution in [1.82, 2.24) is 4.31 Å². The molecule has 7 nitrogen and oxygen atoms in total. The summed E-state index contributed by atoms with van der Waals surface area (Å²) >= 11 is 12.8. The lowest BCUT2D eigenvalue weighted by Crippen LogP contribution is -2.32. The smallest absolute Gasteiger partial charge is 0.310 e. The SMILES string of the molecule is CCOC(=O)C1C[C@H](c2c(OCOC)ccc(Cl)c2Cl)N(S(=O)(=O)c2ccc(C)cc2)C1. The van der Waals surface area contributed by atoms with Crippen molar-refractivity contribution in [3.8, 4) is 5.75 Å². The van der Waals surface area contributed by atoms with Crippen LogP contribution >= 0.6 is 23.2 Å². The number of hydrogen-bond donors (Lipinski definition) is 0. The van der Waals surface area contributed by atoms with Crippen LogP contribution in [0.1, 0.15) is 30.5 Å². The van der Waals surface area contributed by atoms with Gasteiger partial charge in [0.1, 0.15) is 5.75 Å². The summed E-state index contributed by atoms with van der Waals surface area (Å²) in [6.07, 6.45) is 0.174. The molecule has 0 aliphatic carbocycles. The van der Waals surface area contributed by atoms with E-state index in [2.05, 4.69) is 0 Å². The number of nitrogens with zero attached hydrogens (tertiary/aromatic N) is 1. The van der Waals surface area contributed by atoms with Crippen LogP contribution < -0.4 is 4.74 Å². The fourth-order valence-electron chi connectivity index (χ4n) is 3.72. The van der Waals surface area contributed by atoms with E-state index in [1.807, 2.05) is 6.92 Å². The number of halogens is 2. The highest BCUT2D eigenvalue weighted by Crippen LogP contribution is 2.47. The molecule has 0 aromatic heterocycles. The summed E-state index contributed by atoms with van der Waals surface area (Å²) < 4.78 is 44.3. The van der Waals surface area contributed by atoms with Crippen molar-refractivity contribution in [2.24, 2.45) is 5.92 Å². The van der Waals surface area contributed by atoms with Crippen molar-refractivity contribution >= 4 is 39.2 Å². The van der Waals surface area contributed by atoms with Crippen LogP contribution in [0.2, 0.25) is 10.0 Å². The Morgan fingerprint density at radius 1 is 1.16 bits per heavy atom. The summed E-state index contributed by atoms with van der Waals surface area (Å²) in [6.45, 7) is 3.66. The molecule has 1 unspecified atom stereocenters. The largest absolute Gasteiger partial charge is 0.467 e. The first-order valence-electron chi connectivity index (χ1n) is 10.1. The standard InChI is InChI=1S/C22H25Cl2NO6S/c1-4-30-22(26)15-11-18(20-19(31-13-29-3)10-9-17(23)21(20)24)25(12-15)32(27,28)16-7-5-14(2)6-8-16/h5-10,15,18H,4,11-13H2,1-3H3/t15?,18-/m1/s1. The second-order valence-corrected chi connectivity index (χ2v) is 10.1. The number of carbonyl (C=O) groups is 1. The summed E-state index contributed by atoms with van der Waals surface area (Å²) in [5.74, 6) is -0.790. The third kappa shape index (κ3) is 5.05. The third-order valence-corrected chi connectivity index (χ3v) is 7.97. The normalized spacial score (nSPS) is 19.2. The fourth-order valence-corrected chi connectivity index (χ4v) is 5.82. The Kier molecular flexibility index (Phi) is 8.06. The minimum absolute atomic E-state index is 0.0493. The molecule has 1 fully saturated rings. The second-order valence-electron chi connectivity index (χ2n) is 7.41. The summed E-state index contributed by atoms with van der Waals surface area (Å²) in [5, 5.41) is 0.414. The number of hydrogen-bond acceptors (Lipinski definition) is 6. The Hall–Kier alpha value is -1.84. The van der Waals surface area contributed by atoms with Gasteiger partial charge in [-0.2, -0.15) is 4.31 Å². The predicted molar refractivity (Wildman–Crippen MR) is 122 cm³/mol. The number of benzene rings is 2. The van der Waals surface area contributed by atoms with Crippen LogP contribution in [0.15, 0.2) is 41.3 Å². The average Bonchev–Trinajstić information content (AvgIpc) is 3.21. The van der Waals surface area contributed by atoms with Crippen molar-refractivity contribution in [3.63, 3.8) is 0 Å². The van der Waals surface area contributed by atoms with Crippen molar-refractivity contribution in [1.29, 1.82) is 0 Å². The highest BCUT2D eigenvalue weighted by atomic mass is 35.5. The lowest BCUT2D eigenvalue weighted by Gasteiger charge is -2.27. The zero-order valence-electron chi connectivity index (χ0n) is 18.0. The molecule has 1 aliphatic rings. The van der Waals surface area contributed by atoms with Crippen LogP contribution in [0.3, 0.4) is 0 Å². The van der Waals surface area contributed by atoms with E-state index < -0.39 is 28.0 Å². The molecule has 0 amide bonds. The number of sulfonamides is 1. The van der Waals surface area contributed by atoms with Crippen molar-refractivity contribution in [2.45, 2.75) is 31.2 Å². The molecule has 2 aromatic rings. The van der Waals surface area contributed by atoms with Gasteiger partial charge in [-0.3, -0.25) is 4.79 Å². The van der Waals surface area contributed by atoms with Crippen LogP contribution in [0.4, 0.5) is 0 Å². The maximum absolute atomic E-state index is 13.6. The highest BCUT2D eigenvalue weighted by Gasteiger charge is 2.46. The Bertz CT molecular complexity index is 1070. The average molecular weight is 502 g/mol. The number of methoxy groups -OCH3 is 1. The Labute approximate surface area is 198 Å². The molecule has 1 aliphatic heterocycles. The van der Waals surface area contributed by atoms with Gasteiger partial charge in [0.25, 0.3) is 0 Å². The zero-order chi connectivity index (χ0) is 23.5. The number of ether oxygens (including phenoxy) is 3. The van der Waals surface area contributed by atoms with Crippen LogP contribution in [-0.4, -0.2) is 45.7 Å². The Balaban J connectivity index is 2.12. The van der Waals surface area contributed by atoms with E-state index in [4.69, 9.17) is 37.4 Å². The van der Waals surface area contributed by atoms with E-state index >= 15 is 0 Å². The van der Waals surface area contributed by atoms with Gasteiger partial charge in [0.05, 0.1) is 33.5 Å². The van der Waals surface area contributed by atoms with Gasteiger partial charge < -0.3 is 14.2 Å². The van der Waals surface area contributed by atoms with E-state index in [1.54, 1.807) is 43.3 Å². The quantitative estimate of drug-likeness (QED) is 0.388. The molecule has 0 N–H and O–H groups in total. The first-order chi connectivity index (χ1) is 15.2. The molecule has 1 heterocycles. The molecule has 0 saturated carbocycles. The number of rotatable bonds is 8. The summed E-state index contributed by atoms with van der Waals surface area (Å²) in [4.78, 5) is 12.7. The van der Waals surface area contributed by atoms with E-state index in [-0.39, 0.29) is 41.3 Å². The third-order valence-electron chi connectivity index (χ3n) is 5.26. The molecule has 0 radical (unpaired) electrons. The molecule has 32 heavy (non-hydrogen) atoms. The summed E-state index contributed by atoms with van der Waals surface area (Å²) in [7, 11) is -2.49. The van der Waals surface area contributed by atoms with Crippen molar-refractivity contribution in [2.75, 3.05) is 27.1 Å². The second kappa shape index (κ2) is 10.4. The molecule has 1 saturated heterocycles. The molecule has 0 bridgehead atoms. The van der Waals surface area contributed by atoms with Crippen molar-refractivity contribution in [3.05, 3.63) is 57.6 Å². The van der Waals surface area contributed by atoms with Crippen LogP contribution in [0, 0.1) is 12.8 Å².